The van der Waals surface area contributed by atoms with Crippen LogP contribution in [-0.4, -0.2) is 36.6 Å². The van der Waals surface area contributed by atoms with Crippen LogP contribution in [-0.2, 0) is 11.8 Å². The molecule has 1 atom stereocenters. The van der Waals surface area contributed by atoms with E-state index in [1.165, 1.54) is 46.8 Å². The number of hydrogen-bond donors (Lipinski definition) is 1. The van der Waals surface area contributed by atoms with E-state index in [-0.39, 0.29) is 16.7 Å². The maximum absolute atomic E-state index is 13.1. The first-order valence-electron chi connectivity index (χ1n) is 7.64. The number of hydrogen-bond acceptors (Lipinski definition) is 8. The lowest BCUT2D eigenvalue weighted by Gasteiger charge is -2.15. The zero-order valence-electron chi connectivity index (χ0n) is 14.2. The van der Waals surface area contributed by atoms with Crippen LogP contribution in [0.3, 0.4) is 0 Å². The number of ether oxygens (including phenoxy) is 1. The predicted molar refractivity (Wildman–Crippen MR) is 101 cm³/mol. The summed E-state index contributed by atoms with van der Waals surface area (Å²) in [4.78, 5) is 11.9. The van der Waals surface area contributed by atoms with Crippen molar-refractivity contribution >= 4 is 45.7 Å². The van der Waals surface area contributed by atoms with Crippen LogP contribution in [0.15, 0.2) is 28.9 Å². The Balaban J connectivity index is 1.61. The lowest BCUT2D eigenvalue weighted by Crippen LogP contribution is -2.14. The van der Waals surface area contributed by atoms with Crippen molar-refractivity contribution < 1.29 is 13.9 Å². The zero-order chi connectivity index (χ0) is 19.4. The normalized spacial score (nSPS) is 12.0. The smallest absolute Gasteiger partial charge is 0.236 e. The molecule has 0 fully saturated rings. The molecule has 8 nitrogen and oxygen atoms in total. The van der Waals surface area contributed by atoms with Crippen molar-refractivity contribution in [3.05, 3.63) is 40.4 Å². The number of nitrogens with one attached hydrogen (secondary N) is 1. The van der Waals surface area contributed by atoms with E-state index in [1.54, 1.807) is 18.5 Å². The highest BCUT2D eigenvalue weighted by Gasteiger charge is 2.19. The number of amides is 1. The molecule has 0 aliphatic heterocycles. The molecular weight excluding hydrogens is 415 g/mol. The maximum atomic E-state index is 13.1. The Labute approximate surface area is 167 Å². The van der Waals surface area contributed by atoms with Gasteiger partial charge in [0.05, 0.1) is 10.8 Å². The SMILES string of the molecule is CC(Oc1ccc(F)cc1Cl)c1nnc(SCC(=O)Nc2nncs2)n1C. The topological polar surface area (TPSA) is 94.8 Å². The highest BCUT2D eigenvalue weighted by molar-refractivity contribution is 7.99. The molecule has 1 N–H and O–H groups in total. The third kappa shape index (κ3) is 4.93. The summed E-state index contributed by atoms with van der Waals surface area (Å²) in [5, 5.41) is 19.4. The molecule has 1 unspecified atom stereocenters. The summed E-state index contributed by atoms with van der Waals surface area (Å²) in [6, 6.07) is 3.90. The molecule has 0 saturated heterocycles. The van der Waals surface area contributed by atoms with Crippen molar-refractivity contribution in [3.8, 4) is 5.75 Å². The summed E-state index contributed by atoms with van der Waals surface area (Å²) >= 11 is 8.45. The molecule has 0 radical (unpaired) electrons. The highest BCUT2D eigenvalue weighted by atomic mass is 35.5. The summed E-state index contributed by atoms with van der Waals surface area (Å²) in [7, 11) is 1.77. The van der Waals surface area contributed by atoms with Gasteiger partial charge in [-0.25, -0.2) is 4.39 Å². The minimum absolute atomic E-state index is 0.143. The Bertz CT molecular complexity index is 937. The first-order valence-corrected chi connectivity index (χ1v) is 9.88. The quantitative estimate of drug-likeness (QED) is 0.576. The molecule has 12 heteroatoms. The van der Waals surface area contributed by atoms with E-state index in [9.17, 15) is 9.18 Å². The molecule has 2 heterocycles. The number of rotatable bonds is 7. The van der Waals surface area contributed by atoms with Crippen molar-refractivity contribution in [1.29, 1.82) is 0 Å². The molecule has 1 amide bonds. The molecule has 3 rings (SSSR count). The second-order valence-electron chi connectivity index (χ2n) is 5.32. The van der Waals surface area contributed by atoms with Crippen LogP contribution >= 0.6 is 34.7 Å². The largest absolute Gasteiger partial charge is 0.481 e. The van der Waals surface area contributed by atoms with Crippen molar-refractivity contribution in [1.82, 2.24) is 25.0 Å². The van der Waals surface area contributed by atoms with Crippen molar-refractivity contribution in [2.24, 2.45) is 7.05 Å². The lowest BCUT2D eigenvalue weighted by atomic mass is 10.3. The number of nitrogens with zero attached hydrogens (tertiary/aromatic N) is 5. The van der Waals surface area contributed by atoms with Gasteiger partial charge in [0.2, 0.25) is 11.0 Å². The summed E-state index contributed by atoms with van der Waals surface area (Å²) in [5.41, 5.74) is 1.53. The van der Waals surface area contributed by atoms with Crippen LogP contribution in [0.4, 0.5) is 9.52 Å². The molecular formula is C15H14ClFN6O2S2. The summed E-state index contributed by atoms with van der Waals surface area (Å²) in [5.74, 6) is 0.374. The van der Waals surface area contributed by atoms with Gasteiger partial charge in [0.25, 0.3) is 0 Å². The second kappa shape index (κ2) is 8.63. The van der Waals surface area contributed by atoms with Gasteiger partial charge in [-0.2, -0.15) is 0 Å². The van der Waals surface area contributed by atoms with Gasteiger partial charge in [-0.1, -0.05) is 34.7 Å². The fraction of sp³-hybridized carbons (Fsp3) is 0.267. The molecule has 0 saturated carbocycles. The van der Waals surface area contributed by atoms with Gasteiger partial charge in [-0.05, 0) is 25.1 Å². The van der Waals surface area contributed by atoms with E-state index in [1.807, 2.05) is 0 Å². The first-order chi connectivity index (χ1) is 12.9. The van der Waals surface area contributed by atoms with E-state index in [0.29, 0.717) is 21.9 Å². The van der Waals surface area contributed by atoms with Crippen LogP contribution in [0.2, 0.25) is 5.02 Å². The molecule has 0 bridgehead atoms. The van der Waals surface area contributed by atoms with Gasteiger partial charge >= 0.3 is 0 Å². The highest BCUT2D eigenvalue weighted by Crippen LogP contribution is 2.29. The summed E-state index contributed by atoms with van der Waals surface area (Å²) in [6.07, 6.45) is -0.477. The van der Waals surface area contributed by atoms with Gasteiger partial charge in [-0.3, -0.25) is 10.1 Å². The lowest BCUT2D eigenvalue weighted by molar-refractivity contribution is -0.113. The van der Waals surface area contributed by atoms with E-state index in [2.05, 4.69) is 25.7 Å². The Morgan fingerprint density at radius 2 is 2.26 bits per heavy atom. The molecule has 0 spiro atoms. The Kier molecular flexibility index (Phi) is 6.24. The number of thioether (sulfide) groups is 1. The number of carbonyl (C=O) groups is 1. The summed E-state index contributed by atoms with van der Waals surface area (Å²) in [6.45, 7) is 1.78. The van der Waals surface area contributed by atoms with Gasteiger partial charge < -0.3 is 9.30 Å². The van der Waals surface area contributed by atoms with Gasteiger partial charge in [0.1, 0.15) is 17.1 Å². The van der Waals surface area contributed by atoms with E-state index < -0.39 is 11.9 Å². The first kappa shape index (κ1) is 19.5. The fourth-order valence-electron chi connectivity index (χ4n) is 2.13. The minimum atomic E-state index is -0.477. The van der Waals surface area contributed by atoms with Crippen LogP contribution in [0.25, 0.3) is 0 Å². The summed E-state index contributed by atoms with van der Waals surface area (Å²) < 4.78 is 20.6. The monoisotopic (exact) mass is 428 g/mol. The predicted octanol–water partition coefficient (Wildman–Crippen LogP) is 3.33. The van der Waals surface area contributed by atoms with Gasteiger partial charge in [-0.15, -0.1) is 20.4 Å². The number of benzene rings is 1. The van der Waals surface area contributed by atoms with Gasteiger partial charge in [0.15, 0.2) is 17.1 Å². The maximum Gasteiger partial charge on any atom is 0.236 e. The molecule has 0 aliphatic rings. The molecule has 2 aromatic heterocycles. The molecule has 3 aromatic rings. The number of anilines is 1. The second-order valence-corrected chi connectivity index (χ2v) is 7.50. The standard InChI is InChI=1S/C15H14ClFN6O2S2/c1-8(25-11-4-3-9(17)5-10(11)16)13-20-22-15(23(13)2)26-6-12(24)19-14-21-18-7-27-14/h3-5,7-8H,6H2,1-2H3,(H,19,21,24). The molecule has 142 valence electrons. The minimum Gasteiger partial charge on any atom is -0.481 e. The molecule has 1 aromatic carbocycles. The fourth-order valence-corrected chi connectivity index (χ4v) is 3.52. The third-order valence-electron chi connectivity index (χ3n) is 3.37. The Hall–Kier alpha value is -2.24. The third-order valence-corrected chi connectivity index (χ3v) is 5.29. The molecule has 0 aliphatic carbocycles. The van der Waals surface area contributed by atoms with Crippen LogP contribution in [0.5, 0.6) is 5.75 Å². The van der Waals surface area contributed by atoms with E-state index in [0.717, 1.165) is 0 Å². The molecule has 27 heavy (non-hydrogen) atoms. The van der Waals surface area contributed by atoms with E-state index in [4.69, 9.17) is 16.3 Å². The average molecular weight is 429 g/mol. The van der Waals surface area contributed by atoms with Gasteiger partial charge in [0, 0.05) is 7.05 Å². The number of carbonyl (C=O) groups excluding carboxylic acids is 1. The zero-order valence-corrected chi connectivity index (χ0v) is 16.6. The van der Waals surface area contributed by atoms with Crippen LogP contribution < -0.4 is 10.1 Å². The Morgan fingerprint density at radius 1 is 1.44 bits per heavy atom. The number of halogens is 2. The van der Waals surface area contributed by atoms with Crippen LogP contribution in [0, 0.1) is 5.82 Å². The van der Waals surface area contributed by atoms with Crippen molar-refractivity contribution in [2.75, 3.05) is 11.1 Å². The van der Waals surface area contributed by atoms with Crippen molar-refractivity contribution in [2.45, 2.75) is 18.2 Å². The van der Waals surface area contributed by atoms with Crippen molar-refractivity contribution in [3.63, 3.8) is 0 Å². The van der Waals surface area contributed by atoms with Crippen LogP contribution in [0.1, 0.15) is 18.9 Å². The van der Waals surface area contributed by atoms with E-state index >= 15 is 0 Å². The average Bonchev–Trinajstić information content (AvgIpc) is 3.25. The Morgan fingerprint density at radius 3 is 2.96 bits per heavy atom. The number of aromatic nitrogens is 5.